The molecule has 2 bridgehead atoms. The highest BCUT2D eigenvalue weighted by Crippen LogP contribution is 2.53. The van der Waals surface area contributed by atoms with E-state index in [9.17, 15) is 24.7 Å². The van der Waals surface area contributed by atoms with E-state index in [-0.39, 0.29) is 49.0 Å². The minimum absolute atomic E-state index is 0.141. The van der Waals surface area contributed by atoms with Gasteiger partial charge in [-0.05, 0) is 58.3 Å². The largest absolute Gasteiger partial charge is 0.465 e. The van der Waals surface area contributed by atoms with Gasteiger partial charge in [0.25, 0.3) is 0 Å². The fraction of sp³-hybridized carbons (Fsp3) is 0.821. The molecule has 3 aliphatic rings. The minimum Gasteiger partial charge on any atom is -0.465 e. The first kappa shape index (κ1) is 29.7. The molecule has 0 aromatic rings. The Morgan fingerprint density at radius 3 is 2.43 bits per heavy atom. The summed E-state index contributed by atoms with van der Waals surface area (Å²) in [6.07, 6.45) is 4.71. The van der Waals surface area contributed by atoms with Crippen LogP contribution in [0.2, 0.25) is 0 Å². The number of fused-ring (bicyclic) bond motifs is 4. The summed E-state index contributed by atoms with van der Waals surface area (Å²) in [5, 5.41) is 21.2. The summed E-state index contributed by atoms with van der Waals surface area (Å²) in [6.45, 7) is 10.9. The fourth-order valence-corrected chi connectivity index (χ4v) is 6.42. The van der Waals surface area contributed by atoms with Crippen molar-refractivity contribution >= 4 is 17.7 Å². The van der Waals surface area contributed by atoms with Crippen LogP contribution in [-0.4, -0.2) is 63.7 Å². The molecule has 9 atom stereocenters. The highest BCUT2D eigenvalue weighted by atomic mass is 17.1. The SMILES string of the molecule is CCCC(=O)OC[C@H](C)[C@H]1C=C[C@@](C)(OO)[C@@H]2C(=O)C[C@](C)(O)[C@H]3CC[C@@](C)(OC(=O)CCC)[C@H](O3)[C@H]12. The molecular formula is C28H44O9. The second kappa shape index (κ2) is 11.5. The monoisotopic (exact) mass is 524 g/mol. The fourth-order valence-electron chi connectivity index (χ4n) is 6.42. The molecule has 2 saturated heterocycles. The van der Waals surface area contributed by atoms with Crippen molar-refractivity contribution in [3.8, 4) is 0 Å². The van der Waals surface area contributed by atoms with Crippen LogP contribution in [0.15, 0.2) is 12.2 Å². The molecule has 210 valence electrons. The molecule has 9 nitrogen and oxygen atoms in total. The molecule has 0 saturated carbocycles. The van der Waals surface area contributed by atoms with Crippen molar-refractivity contribution in [1.29, 1.82) is 0 Å². The van der Waals surface area contributed by atoms with Crippen LogP contribution in [0, 0.1) is 23.7 Å². The van der Waals surface area contributed by atoms with Crippen molar-refractivity contribution in [2.45, 2.75) is 115 Å². The van der Waals surface area contributed by atoms with Crippen molar-refractivity contribution in [3.63, 3.8) is 0 Å². The van der Waals surface area contributed by atoms with Gasteiger partial charge in [-0.3, -0.25) is 19.6 Å². The summed E-state index contributed by atoms with van der Waals surface area (Å²) in [6, 6.07) is 0. The molecule has 0 aromatic carbocycles. The lowest BCUT2D eigenvalue weighted by molar-refractivity contribution is -0.330. The number of allylic oxidation sites excluding steroid dienone is 1. The minimum atomic E-state index is -1.44. The van der Waals surface area contributed by atoms with Gasteiger partial charge in [-0.2, -0.15) is 0 Å². The van der Waals surface area contributed by atoms with Crippen LogP contribution in [0.4, 0.5) is 0 Å². The molecule has 2 fully saturated rings. The van der Waals surface area contributed by atoms with Crippen molar-refractivity contribution in [2.75, 3.05) is 6.61 Å². The number of carbonyl (C=O) groups excluding carboxylic acids is 3. The predicted octanol–water partition coefficient (Wildman–Crippen LogP) is 4.01. The number of ketones is 1. The second-order valence-corrected chi connectivity index (χ2v) is 11.8. The van der Waals surface area contributed by atoms with Crippen LogP contribution >= 0.6 is 0 Å². The van der Waals surface area contributed by atoms with E-state index in [2.05, 4.69) is 0 Å². The number of Topliss-reactive ketones (excluding diaryl/α,β-unsaturated/α-hetero) is 1. The molecule has 0 radical (unpaired) electrons. The first-order chi connectivity index (χ1) is 17.3. The smallest absolute Gasteiger partial charge is 0.306 e. The lowest BCUT2D eigenvalue weighted by atomic mass is 9.57. The molecule has 2 aliphatic heterocycles. The van der Waals surface area contributed by atoms with E-state index in [0.29, 0.717) is 32.1 Å². The van der Waals surface area contributed by atoms with E-state index in [4.69, 9.17) is 19.1 Å². The van der Waals surface area contributed by atoms with Gasteiger partial charge in [0.05, 0.1) is 24.2 Å². The normalized spacial score (nSPS) is 40.2. The van der Waals surface area contributed by atoms with Gasteiger partial charge in [-0.15, -0.1) is 0 Å². The van der Waals surface area contributed by atoms with Gasteiger partial charge in [0.1, 0.15) is 23.1 Å². The van der Waals surface area contributed by atoms with E-state index >= 15 is 0 Å². The van der Waals surface area contributed by atoms with Crippen LogP contribution in [0.25, 0.3) is 0 Å². The lowest BCUT2D eigenvalue weighted by Gasteiger charge is -2.57. The van der Waals surface area contributed by atoms with Crippen LogP contribution in [0.1, 0.15) is 86.5 Å². The zero-order chi connectivity index (χ0) is 27.6. The Labute approximate surface area is 219 Å². The highest BCUT2D eigenvalue weighted by Gasteiger charge is 2.62. The number of aliphatic hydroxyl groups is 1. The second-order valence-electron chi connectivity index (χ2n) is 11.8. The van der Waals surface area contributed by atoms with Crippen LogP contribution < -0.4 is 0 Å². The number of carbonyl (C=O) groups is 3. The van der Waals surface area contributed by atoms with Gasteiger partial charge in [0, 0.05) is 25.2 Å². The Balaban J connectivity index is 2.09. The molecule has 2 N–H and O–H groups in total. The maximum absolute atomic E-state index is 13.8. The van der Waals surface area contributed by atoms with Gasteiger partial charge in [-0.1, -0.05) is 32.9 Å². The van der Waals surface area contributed by atoms with Gasteiger partial charge in [0.15, 0.2) is 0 Å². The zero-order valence-electron chi connectivity index (χ0n) is 23.0. The molecule has 2 heterocycles. The number of ether oxygens (including phenoxy) is 3. The molecule has 3 rings (SSSR count). The maximum Gasteiger partial charge on any atom is 0.306 e. The van der Waals surface area contributed by atoms with Crippen LogP contribution in [0.3, 0.4) is 0 Å². The third-order valence-electron chi connectivity index (χ3n) is 8.45. The Kier molecular flexibility index (Phi) is 9.26. The standard InChI is InChI=1S/C28H44O9/c1-7-9-21(30)34-16-17(3)18-11-13-27(5,37-33)24-19(29)15-26(4,32)20-12-14-28(6,25(35-20)23(18)24)36-22(31)10-8-2/h11,13,17-18,20,23-25,32-33H,7-10,12,14-16H2,1-6H3/t17-,18+,20+,23+,24+,25+,26-,27+,28+/m0/s1. The average Bonchev–Trinajstić information content (AvgIpc) is 2.81. The third kappa shape index (κ3) is 6.10. The molecule has 0 spiro atoms. The van der Waals surface area contributed by atoms with E-state index in [1.165, 1.54) is 0 Å². The Morgan fingerprint density at radius 1 is 1.16 bits per heavy atom. The van der Waals surface area contributed by atoms with Crippen LogP contribution in [0.5, 0.6) is 0 Å². The lowest BCUT2D eigenvalue weighted by Crippen LogP contribution is -2.66. The molecule has 37 heavy (non-hydrogen) atoms. The average molecular weight is 525 g/mol. The Bertz CT molecular complexity index is 883. The number of hydrogen-bond donors (Lipinski definition) is 2. The molecule has 9 heteroatoms. The van der Waals surface area contributed by atoms with E-state index in [1.807, 2.05) is 33.8 Å². The van der Waals surface area contributed by atoms with Crippen molar-refractivity contribution in [1.82, 2.24) is 0 Å². The Morgan fingerprint density at radius 2 is 1.81 bits per heavy atom. The molecule has 0 amide bonds. The molecular weight excluding hydrogens is 480 g/mol. The highest BCUT2D eigenvalue weighted by molar-refractivity contribution is 5.84. The number of esters is 2. The number of hydrogen-bond acceptors (Lipinski definition) is 9. The van der Waals surface area contributed by atoms with Crippen molar-refractivity contribution < 1.29 is 43.8 Å². The quantitative estimate of drug-likeness (QED) is 0.199. The summed E-state index contributed by atoms with van der Waals surface area (Å²) >= 11 is 0. The van der Waals surface area contributed by atoms with Crippen molar-refractivity contribution in [2.24, 2.45) is 23.7 Å². The summed E-state index contributed by atoms with van der Waals surface area (Å²) < 4.78 is 18.1. The number of rotatable bonds is 9. The van der Waals surface area contributed by atoms with E-state index in [1.54, 1.807) is 19.9 Å². The maximum atomic E-state index is 13.8. The summed E-state index contributed by atoms with van der Waals surface area (Å²) in [5.74, 6) is -2.91. The predicted molar refractivity (Wildman–Crippen MR) is 134 cm³/mol. The van der Waals surface area contributed by atoms with Crippen molar-refractivity contribution in [3.05, 3.63) is 12.2 Å². The van der Waals surface area contributed by atoms with E-state index in [0.717, 1.165) is 0 Å². The first-order valence-electron chi connectivity index (χ1n) is 13.6. The molecule has 0 aromatic heterocycles. The topological polar surface area (TPSA) is 129 Å². The summed E-state index contributed by atoms with van der Waals surface area (Å²) in [5.41, 5.74) is -3.89. The third-order valence-corrected chi connectivity index (χ3v) is 8.45. The van der Waals surface area contributed by atoms with E-state index < -0.39 is 40.8 Å². The Hall–Kier alpha value is -1.81. The van der Waals surface area contributed by atoms with Crippen LogP contribution in [-0.2, 0) is 33.5 Å². The summed E-state index contributed by atoms with van der Waals surface area (Å²) in [7, 11) is 0. The molecule has 0 unspecified atom stereocenters. The van der Waals surface area contributed by atoms with Gasteiger partial charge >= 0.3 is 11.9 Å². The van der Waals surface area contributed by atoms with Gasteiger partial charge in [0.2, 0.25) is 0 Å². The summed E-state index contributed by atoms with van der Waals surface area (Å²) in [4.78, 5) is 43.6. The van der Waals surface area contributed by atoms with Gasteiger partial charge in [-0.25, -0.2) is 4.89 Å². The van der Waals surface area contributed by atoms with Gasteiger partial charge < -0.3 is 19.3 Å². The zero-order valence-corrected chi connectivity index (χ0v) is 23.0. The first-order valence-corrected chi connectivity index (χ1v) is 13.6. The molecule has 1 aliphatic carbocycles.